The van der Waals surface area contributed by atoms with Crippen molar-refractivity contribution in [2.45, 2.75) is 31.7 Å². The predicted octanol–water partition coefficient (Wildman–Crippen LogP) is 1.92. The second kappa shape index (κ2) is 6.17. The summed E-state index contributed by atoms with van der Waals surface area (Å²) >= 11 is 0. The number of ether oxygens (including phenoxy) is 1. The van der Waals surface area contributed by atoms with Crippen LogP contribution in [0.2, 0.25) is 0 Å². The Kier molecular flexibility index (Phi) is 4.09. The van der Waals surface area contributed by atoms with Crippen LogP contribution in [-0.4, -0.2) is 41.6 Å². The number of esters is 1. The fraction of sp³-hybridized carbons (Fsp3) is 0.438. The minimum absolute atomic E-state index is 0.117. The van der Waals surface area contributed by atoms with Crippen molar-refractivity contribution in [3.05, 3.63) is 30.0 Å². The van der Waals surface area contributed by atoms with E-state index in [0.717, 1.165) is 18.2 Å². The summed E-state index contributed by atoms with van der Waals surface area (Å²) in [4.78, 5) is 26.0. The fourth-order valence-electron chi connectivity index (χ4n) is 2.92. The number of carbonyl (C=O) groups excluding carboxylic acids is 2. The molecule has 6 nitrogen and oxygen atoms in total. The Morgan fingerprint density at radius 2 is 2.18 bits per heavy atom. The zero-order chi connectivity index (χ0) is 15.5. The summed E-state index contributed by atoms with van der Waals surface area (Å²) in [5.41, 5.74) is 1.27. The van der Waals surface area contributed by atoms with Gasteiger partial charge in [0.15, 0.2) is 5.58 Å². The van der Waals surface area contributed by atoms with E-state index in [2.05, 4.69) is 5.16 Å². The number of piperidine rings is 1. The molecule has 1 fully saturated rings. The molecule has 0 N–H and O–H groups in total. The molecule has 22 heavy (non-hydrogen) atoms. The van der Waals surface area contributed by atoms with E-state index in [9.17, 15) is 9.59 Å². The van der Waals surface area contributed by atoms with Gasteiger partial charge in [-0.25, -0.2) is 4.79 Å². The predicted molar refractivity (Wildman–Crippen MR) is 79.1 cm³/mol. The molecular weight excluding hydrogens is 284 g/mol. The van der Waals surface area contributed by atoms with Crippen molar-refractivity contribution < 1.29 is 18.8 Å². The van der Waals surface area contributed by atoms with Crippen LogP contribution in [0.25, 0.3) is 11.0 Å². The third-order valence-corrected chi connectivity index (χ3v) is 4.07. The first-order valence-corrected chi connectivity index (χ1v) is 7.41. The molecule has 116 valence electrons. The maximum absolute atomic E-state index is 12.6. The molecule has 1 aromatic carbocycles. The maximum atomic E-state index is 12.6. The Balaban J connectivity index is 1.79. The van der Waals surface area contributed by atoms with Crippen LogP contribution >= 0.6 is 0 Å². The lowest BCUT2D eigenvalue weighted by atomic mass is 10.0. The normalized spacial score (nSPS) is 18.4. The van der Waals surface area contributed by atoms with Gasteiger partial charge in [0.05, 0.1) is 13.5 Å². The van der Waals surface area contributed by atoms with E-state index in [-0.39, 0.29) is 18.3 Å². The molecule has 1 saturated heterocycles. The molecule has 2 heterocycles. The maximum Gasteiger partial charge on any atom is 0.328 e. The van der Waals surface area contributed by atoms with E-state index < -0.39 is 6.04 Å². The average molecular weight is 302 g/mol. The first-order chi connectivity index (χ1) is 10.7. The SMILES string of the molecule is COC(=O)C1CCCCN1C(=O)Cc1noc2ccccc12. The van der Waals surface area contributed by atoms with Crippen LogP contribution in [0.15, 0.2) is 28.8 Å². The van der Waals surface area contributed by atoms with Gasteiger partial charge in [-0.3, -0.25) is 4.79 Å². The Hall–Kier alpha value is -2.37. The number of rotatable bonds is 3. The summed E-state index contributed by atoms with van der Waals surface area (Å²) in [7, 11) is 1.35. The monoisotopic (exact) mass is 302 g/mol. The molecule has 1 aliphatic heterocycles. The number of methoxy groups -OCH3 is 1. The first-order valence-electron chi connectivity index (χ1n) is 7.41. The van der Waals surface area contributed by atoms with E-state index in [4.69, 9.17) is 9.26 Å². The number of amides is 1. The van der Waals surface area contributed by atoms with E-state index >= 15 is 0 Å². The van der Waals surface area contributed by atoms with Crippen molar-refractivity contribution >= 4 is 22.8 Å². The topological polar surface area (TPSA) is 72.6 Å². The highest BCUT2D eigenvalue weighted by Crippen LogP contribution is 2.22. The van der Waals surface area contributed by atoms with Crippen molar-refractivity contribution in [2.24, 2.45) is 0 Å². The van der Waals surface area contributed by atoms with Crippen molar-refractivity contribution in [1.82, 2.24) is 10.1 Å². The van der Waals surface area contributed by atoms with Crippen LogP contribution in [0.4, 0.5) is 0 Å². The highest BCUT2D eigenvalue weighted by Gasteiger charge is 2.33. The van der Waals surface area contributed by atoms with Crippen molar-refractivity contribution in [3.63, 3.8) is 0 Å². The third kappa shape index (κ3) is 2.68. The molecule has 1 amide bonds. The standard InChI is InChI=1S/C16H18N2O4/c1-21-16(20)13-7-4-5-9-18(13)15(19)10-12-11-6-2-3-8-14(11)22-17-12/h2-3,6,8,13H,4-5,7,9-10H2,1H3. The average Bonchev–Trinajstić information content (AvgIpc) is 2.97. The second-order valence-electron chi connectivity index (χ2n) is 5.42. The molecule has 6 heteroatoms. The minimum atomic E-state index is -0.482. The number of benzene rings is 1. The molecule has 2 aromatic rings. The molecular formula is C16H18N2O4. The van der Waals surface area contributed by atoms with Gasteiger partial charge in [0.1, 0.15) is 11.7 Å². The van der Waals surface area contributed by atoms with Crippen LogP contribution in [0.5, 0.6) is 0 Å². The largest absolute Gasteiger partial charge is 0.467 e. The zero-order valence-electron chi connectivity index (χ0n) is 12.4. The molecule has 0 radical (unpaired) electrons. The second-order valence-corrected chi connectivity index (χ2v) is 5.42. The molecule has 1 unspecified atom stereocenters. The van der Waals surface area contributed by atoms with Gasteiger partial charge in [0.2, 0.25) is 5.91 Å². The van der Waals surface area contributed by atoms with Crippen molar-refractivity contribution in [1.29, 1.82) is 0 Å². The number of aromatic nitrogens is 1. The molecule has 1 aliphatic rings. The van der Waals surface area contributed by atoms with E-state index in [1.807, 2.05) is 24.3 Å². The Bertz CT molecular complexity index is 694. The molecule has 1 atom stereocenters. The van der Waals surface area contributed by atoms with Crippen LogP contribution in [-0.2, 0) is 20.7 Å². The van der Waals surface area contributed by atoms with Gasteiger partial charge in [-0.1, -0.05) is 17.3 Å². The number of para-hydroxylation sites is 1. The number of carbonyl (C=O) groups is 2. The Morgan fingerprint density at radius 1 is 1.36 bits per heavy atom. The highest BCUT2D eigenvalue weighted by molar-refractivity contribution is 5.89. The van der Waals surface area contributed by atoms with Gasteiger partial charge in [-0.2, -0.15) is 0 Å². The van der Waals surface area contributed by atoms with Gasteiger partial charge in [-0.15, -0.1) is 0 Å². The van der Waals surface area contributed by atoms with Gasteiger partial charge < -0.3 is 14.2 Å². The first kappa shape index (κ1) is 14.6. The van der Waals surface area contributed by atoms with Crippen LogP contribution in [0, 0.1) is 0 Å². The van der Waals surface area contributed by atoms with E-state index in [1.165, 1.54) is 7.11 Å². The number of hydrogen-bond acceptors (Lipinski definition) is 5. The number of hydrogen-bond donors (Lipinski definition) is 0. The highest BCUT2D eigenvalue weighted by atomic mass is 16.5. The minimum Gasteiger partial charge on any atom is -0.467 e. The Morgan fingerprint density at radius 3 is 3.00 bits per heavy atom. The Labute approximate surface area is 128 Å². The molecule has 3 rings (SSSR count). The van der Waals surface area contributed by atoms with E-state index in [1.54, 1.807) is 4.90 Å². The molecule has 0 bridgehead atoms. The summed E-state index contributed by atoms with van der Waals surface area (Å²) in [6, 6.07) is 6.95. The zero-order valence-corrected chi connectivity index (χ0v) is 12.4. The number of likely N-dealkylation sites (tertiary alicyclic amines) is 1. The van der Waals surface area contributed by atoms with Gasteiger partial charge in [-0.05, 0) is 31.4 Å². The van der Waals surface area contributed by atoms with Crippen molar-refractivity contribution in [3.8, 4) is 0 Å². The lowest BCUT2D eigenvalue weighted by Gasteiger charge is -2.33. The van der Waals surface area contributed by atoms with Crippen LogP contribution in [0.3, 0.4) is 0 Å². The number of nitrogens with zero attached hydrogens (tertiary/aromatic N) is 2. The van der Waals surface area contributed by atoms with E-state index in [0.29, 0.717) is 24.2 Å². The summed E-state index contributed by atoms with van der Waals surface area (Å²) in [6.45, 7) is 0.578. The lowest BCUT2D eigenvalue weighted by Crippen LogP contribution is -2.49. The molecule has 0 spiro atoms. The quantitative estimate of drug-likeness (QED) is 0.810. The molecule has 0 saturated carbocycles. The van der Waals surface area contributed by atoms with Gasteiger partial charge in [0.25, 0.3) is 0 Å². The fourth-order valence-corrected chi connectivity index (χ4v) is 2.92. The lowest BCUT2D eigenvalue weighted by molar-refractivity contribution is -0.154. The molecule has 1 aromatic heterocycles. The number of fused-ring (bicyclic) bond motifs is 1. The third-order valence-electron chi connectivity index (χ3n) is 4.07. The van der Waals surface area contributed by atoms with Gasteiger partial charge in [0, 0.05) is 11.9 Å². The summed E-state index contributed by atoms with van der Waals surface area (Å²) in [6.07, 6.45) is 2.61. The summed E-state index contributed by atoms with van der Waals surface area (Å²) < 4.78 is 10.0. The van der Waals surface area contributed by atoms with Crippen LogP contribution in [0.1, 0.15) is 25.0 Å². The molecule has 0 aliphatic carbocycles. The van der Waals surface area contributed by atoms with Gasteiger partial charge >= 0.3 is 5.97 Å². The summed E-state index contributed by atoms with van der Waals surface area (Å²) in [5.74, 6) is -0.466. The smallest absolute Gasteiger partial charge is 0.328 e. The van der Waals surface area contributed by atoms with Crippen molar-refractivity contribution in [2.75, 3.05) is 13.7 Å². The summed E-state index contributed by atoms with van der Waals surface area (Å²) in [5, 5.41) is 4.82. The van der Waals surface area contributed by atoms with Crippen LogP contribution < -0.4 is 0 Å².